The zero-order valence-corrected chi connectivity index (χ0v) is 13.6. The molecule has 0 aliphatic carbocycles. The van der Waals surface area contributed by atoms with E-state index in [1.165, 1.54) is 6.92 Å². The van der Waals surface area contributed by atoms with Gasteiger partial charge in [-0.15, -0.1) is 0 Å². The molecule has 0 radical (unpaired) electrons. The molecule has 0 aromatic heterocycles. The van der Waals surface area contributed by atoms with Crippen LogP contribution in [0.4, 0.5) is 4.79 Å². The minimum atomic E-state index is -1.06. The number of hydrogen-bond acceptors (Lipinski definition) is 5. The van der Waals surface area contributed by atoms with Crippen molar-refractivity contribution in [3.63, 3.8) is 0 Å². The smallest absolute Gasteiger partial charge is 0.327 e. The van der Waals surface area contributed by atoms with Crippen LogP contribution in [0, 0.1) is 11.3 Å². The second kappa shape index (κ2) is 7.13. The van der Waals surface area contributed by atoms with Crippen molar-refractivity contribution >= 4 is 17.9 Å². The highest BCUT2D eigenvalue weighted by Gasteiger charge is 2.48. The third-order valence-electron chi connectivity index (χ3n) is 3.88. The molecule has 126 valence electrons. The van der Waals surface area contributed by atoms with Crippen molar-refractivity contribution in [3.8, 4) is 6.07 Å². The molecule has 2 rings (SSSR count). The van der Waals surface area contributed by atoms with Gasteiger partial charge in [0.15, 0.2) is 6.10 Å². The van der Waals surface area contributed by atoms with Gasteiger partial charge in [-0.25, -0.2) is 4.79 Å². The number of rotatable bonds is 6. The first-order valence-corrected chi connectivity index (χ1v) is 7.63. The van der Waals surface area contributed by atoms with Gasteiger partial charge >= 0.3 is 12.0 Å². The number of esters is 1. The summed E-state index contributed by atoms with van der Waals surface area (Å²) in [6.07, 6.45) is 0.109. The molecule has 0 spiro atoms. The third-order valence-corrected chi connectivity index (χ3v) is 3.88. The number of amides is 3. The van der Waals surface area contributed by atoms with Gasteiger partial charge in [0.25, 0.3) is 5.91 Å². The molecule has 1 aliphatic rings. The summed E-state index contributed by atoms with van der Waals surface area (Å²) in [6.45, 7) is 2.55. The maximum atomic E-state index is 12.5. The molecule has 0 bridgehead atoms. The van der Waals surface area contributed by atoms with Crippen molar-refractivity contribution in [1.82, 2.24) is 10.2 Å². The molecular formula is C17H19N3O4. The van der Waals surface area contributed by atoms with Crippen molar-refractivity contribution in [2.45, 2.75) is 38.3 Å². The molecule has 3 amide bonds. The SMILES string of the molecule is C[C@H](C#N)OC(=O)CN1C(=O)N[C@](C)(CCc2ccccc2)C1=O. The Bertz CT molecular complexity index is 683. The van der Waals surface area contributed by atoms with Crippen LogP contribution in [0.15, 0.2) is 30.3 Å². The lowest BCUT2D eigenvalue weighted by atomic mass is 9.93. The van der Waals surface area contributed by atoms with E-state index in [9.17, 15) is 14.4 Å². The van der Waals surface area contributed by atoms with Crippen LogP contribution in [0.5, 0.6) is 0 Å². The molecule has 24 heavy (non-hydrogen) atoms. The van der Waals surface area contributed by atoms with Crippen LogP contribution in [-0.4, -0.2) is 41.0 Å². The molecule has 1 N–H and O–H groups in total. The summed E-state index contributed by atoms with van der Waals surface area (Å²) in [7, 11) is 0. The summed E-state index contributed by atoms with van der Waals surface area (Å²) >= 11 is 0. The van der Waals surface area contributed by atoms with Crippen LogP contribution in [0.25, 0.3) is 0 Å². The quantitative estimate of drug-likeness (QED) is 0.628. The van der Waals surface area contributed by atoms with Crippen LogP contribution in [0.3, 0.4) is 0 Å². The predicted molar refractivity (Wildman–Crippen MR) is 84.6 cm³/mol. The van der Waals surface area contributed by atoms with Gasteiger partial charge in [0.05, 0.1) is 0 Å². The fourth-order valence-electron chi connectivity index (χ4n) is 2.49. The summed E-state index contributed by atoms with van der Waals surface area (Å²) in [4.78, 5) is 37.1. The van der Waals surface area contributed by atoms with Crippen molar-refractivity contribution in [2.24, 2.45) is 0 Å². The van der Waals surface area contributed by atoms with E-state index >= 15 is 0 Å². The van der Waals surface area contributed by atoms with Gasteiger partial charge in [0.2, 0.25) is 0 Å². The van der Waals surface area contributed by atoms with Crippen molar-refractivity contribution < 1.29 is 19.1 Å². The standard InChI is InChI=1S/C17H19N3O4/c1-12(10-18)24-14(21)11-20-15(22)17(2,19-16(20)23)9-8-13-6-4-3-5-7-13/h3-7,12H,8-9,11H2,1-2H3,(H,19,23)/t12-,17-/m1/s1. The van der Waals surface area contributed by atoms with Gasteiger partial charge in [-0.2, -0.15) is 5.26 Å². The molecule has 1 heterocycles. The van der Waals surface area contributed by atoms with E-state index in [0.717, 1.165) is 10.5 Å². The molecule has 2 atom stereocenters. The Morgan fingerprint density at radius 2 is 2.04 bits per heavy atom. The summed E-state index contributed by atoms with van der Waals surface area (Å²) in [5.41, 5.74) is -0.00453. The molecule has 1 aromatic carbocycles. The van der Waals surface area contributed by atoms with E-state index in [2.05, 4.69) is 5.32 Å². The first-order valence-electron chi connectivity index (χ1n) is 7.63. The Morgan fingerprint density at radius 3 is 2.67 bits per heavy atom. The monoisotopic (exact) mass is 329 g/mol. The van der Waals surface area contributed by atoms with Crippen LogP contribution in [0.1, 0.15) is 25.8 Å². The molecule has 7 heteroatoms. The first kappa shape index (κ1) is 17.5. The number of ether oxygens (including phenoxy) is 1. The number of urea groups is 1. The van der Waals surface area contributed by atoms with Crippen molar-refractivity contribution in [1.29, 1.82) is 5.26 Å². The van der Waals surface area contributed by atoms with Crippen LogP contribution in [0.2, 0.25) is 0 Å². The molecule has 1 aromatic rings. The van der Waals surface area contributed by atoms with Crippen LogP contribution < -0.4 is 5.32 Å². The van der Waals surface area contributed by atoms with E-state index < -0.39 is 36.1 Å². The number of imide groups is 1. The third kappa shape index (κ3) is 3.90. The summed E-state index contributed by atoms with van der Waals surface area (Å²) in [6, 6.07) is 10.7. The predicted octanol–water partition coefficient (Wildman–Crippen LogP) is 1.38. The van der Waals surface area contributed by atoms with E-state index in [1.807, 2.05) is 30.3 Å². The second-order valence-corrected chi connectivity index (χ2v) is 5.90. The molecule has 0 saturated carbocycles. The Labute approximate surface area is 140 Å². The Morgan fingerprint density at radius 1 is 1.38 bits per heavy atom. The molecule has 0 unspecified atom stereocenters. The summed E-state index contributed by atoms with van der Waals surface area (Å²) in [5, 5.41) is 11.3. The van der Waals surface area contributed by atoms with E-state index in [0.29, 0.717) is 12.8 Å². The lowest BCUT2D eigenvalue weighted by Gasteiger charge is -2.21. The fourth-order valence-corrected chi connectivity index (χ4v) is 2.49. The van der Waals surface area contributed by atoms with Gasteiger partial charge in [-0.1, -0.05) is 30.3 Å². The highest BCUT2D eigenvalue weighted by atomic mass is 16.5. The minimum Gasteiger partial charge on any atom is -0.446 e. The number of carbonyl (C=O) groups is 3. The van der Waals surface area contributed by atoms with Gasteiger partial charge < -0.3 is 10.1 Å². The molecule has 1 aliphatic heterocycles. The van der Waals surface area contributed by atoms with E-state index in [1.54, 1.807) is 13.0 Å². The maximum Gasteiger partial charge on any atom is 0.327 e. The number of nitrogens with one attached hydrogen (secondary N) is 1. The summed E-state index contributed by atoms with van der Waals surface area (Å²) < 4.78 is 4.78. The molecule has 1 saturated heterocycles. The molecular weight excluding hydrogens is 310 g/mol. The largest absolute Gasteiger partial charge is 0.446 e. The number of hydrogen-bond donors (Lipinski definition) is 1. The van der Waals surface area contributed by atoms with Gasteiger partial charge in [-0.3, -0.25) is 14.5 Å². The normalized spacial score (nSPS) is 21.1. The molecule has 1 fully saturated rings. The highest BCUT2D eigenvalue weighted by Crippen LogP contribution is 2.23. The number of carbonyl (C=O) groups excluding carboxylic acids is 3. The van der Waals surface area contributed by atoms with Crippen LogP contribution >= 0.6 is 0 Å². The average Bonchev–Trinajstić information content (AvgIpc) is 2.77. The first-order chi connectivity index (χ1) is 11.4. The van der Waals surface area contributed by atoms with Gasteiger partial charge in [0, 0.05) is 0 Å². The van der Waals surface area contributed by atoms with E-state index in [-0.39, 0.29) is 0 Å². The zero-order chi connectivity index (χ0) is 17.7. The topological polar surface area (TPSA) is 99.5 Å². The van der Waals surface area contributed by atoms with Crippen LogP contribution in [-0.2, 0) is 20.7 Å². The zero-order valence-electron chi connectivity index (χ0n) is 13.6. The fraction of sp³-hybridized carbons (Fsp3) is 0.412. The Balaban J connectivity index is 1.99. The number of nitrogens with zero attached hydrogens (tertiary/aromatic N) is 2. The number of nitriles is 1. The molecule has 7 nitrogen and oxygen atoms in total. The van der Waals surface area contributed by atoms with Gasteiger partial charge in [0.1, 0.15) is 18.2 Å². The van der Waals surface area contributed by atoms with Crippen molar-refractivity contribution in [3.05, 3.63) is 35.9 Å². The van der Waals surface area contributed by atoms with E-state index in [4.69, 9.17) is 10.00 Å². The van der Waals surface area contributed by atoms with Crippen molar-refractivity contribution in [2.75, 3.05) is 6.54 Å². The highest BCUT2D eigenvalue weighted by molar-refractivity contribution is 6.08. The average molecular weight is 329 g/mol. The Kier molecular flexibility index (Phi) is 5.19. The number of aryl methyl sites for hydroxylation is 1. The minimum absolute atomic E-state index is 0.418. The lowest BCUT2D eigenvalue weighted by molar-refractivity contribution is -0.149. The Hall–Kier alpha value is -2.88. The maximum absolute atomic E-state index is 12.5. The van der Waals surface area contributed by atoms with Gasteiger partial charge in [-0.05, 0) is 32.3 Å². The lowest BCUT2D eigenvalue weighted by Crippen LogP contribution is -2.44. The second-order valence-electron chi connectivity index (χ2n) is 5.90. The number of benzene rings is 1. The summed E-state index contributed by atoms with van der Waals surface area (Å²) in [5.74, 6) is -1.26.